The van der Waals surface area contributed by atoms with Crippen LogP contribution in [0.4, 0.5) is 22.7 Å². The first kappa shape index (κ1) is 31.9. The van der Waals surface area contributed by atoms with Gasteiger partial charge >= 0.3 is 0 Å². The van der Waals surface area contributed by atoms with Crippen LogP contribution in [0.15, 0.2) is 107 Å². The Bertz CT molecular complexity index is 1920. The maximum absolute atomic E-state index is 13.3. The van der Waals surface area contributed by atoms with Crippen LogP contribution in [0.1, 0.15) is 36.8 Å². The number of carbonyl (C=O) groups is 2. The summed E-state index contributed by atoms with van der Waals surface area (Å²) in [6.07, 6.45) is 3.50. The molecular formula is C36H36N4O6S2. The van der Waals surface area contributed by atoms with E-state index in [2.05, 4.69) is 10.6 Å². The van der Waals surface area contributed by atoms with Crippen molar-refractivity contribution in [2.75, 3.05) is 32.3 Å². The van der Waals surface area contributed by atoms with Crippen LogP contribution in [-0.4, -0.2) is 41.7 Å². The molecule has 2 N–H and O–H groups in total. The maximum atomic E-state index is 13.3. The van der Waals surface area contributed by atoms with Gasteiger partial charge in [0, 0.05) is 36.3 Å². The first-order valence-electron chi connectivity index (χ1n) is 16.1. The molecule has 248 valence electrons. The number of hydrogen-bond donors (Lipinski definition) is 2. The maximum Gasteiger partial charge on any atom is 0.264 e. The lowest BCUT2D eigenvalue weighted by Crippen LogP contribution is -2.32. The summed E-state index contributed by atoms with van der Waals surface area (Å²) in [4.78, 5) is 26.4. The third-order valence-electron chi connectivity index (χ3n) is 9.58. The normalized spacial score (nSPS) is 19.0. The molecule has 0 saturated heterocycles. The minimum Gasteiger partial charge on any atom is -0.326 e. The number of nitrogens with zero attached hydrogens (tertiary/aromatic N) is 2. The van der Waals surface area contributed by atoms with Gasteiger partial charge < -0.3 is 10.6 Å². The van der Waals surface area contributed by atoms with Crippen LogP contribution < -0.4 is 19.2 Å². The smallest absolute Gasteiger partial charge is 0.264 e. The molecule has 2 amide bonds. The predicted molar refractivity (Wildman–Crippen MR) is 185 cm³/mol. The zero-order valence-corrected chi connectivity index (χ0v) is 27.8. The topological polar surface area (TPSA) is 133 Å². The van der Waals surface area contributed by atoms with E-state index >= 15 is 0 Å². The second kappa shape index (κ2) is 12.7. The van der Waals surface area contributed by atoms with E-state index in [0.29, 0.717) is 74.4 Å². The SMILES string of the molecule is O=C(Nc1ccc(S(=O)(=O)N2CCc3ccccc32)cc1)C1CCC(C(=O)Nc2ccc(S(=O)(=O)N3CCc4ccccc43)cc2)CC1. The van der Waals surface area contributed by atoms with Gasteiger partial charge in [0.15, 0.2) is 0 Å². The molecule has 3 aliphatic rings. The molecule has 0 radical (unpaired) electrons. The van der Waals surface area contributed by atoms with E-state index in [4.69, 9.17) is 0 Å². The molecule has 0 spiro atoms. The van der Waals surface area contributed by atoms with Crippen molar-refractivity contribution in [2.45, 2.75) is 48.3 Å². The number of para-hydroxylation sites is 2. The van der Waals surface area contributed by atoms with E-state index in [1.807, 2.05) is 48.5 Å². The van der Waals surface area contributed by atoms with E-state index in [1.54, 1.807) is 24.3 Å². The first-order chi connectivity index (χ1) is 23.1. The van der Waals surface area contributed by atoms with Crippen molar-refractivity contribution in [1.82, 2.24) is 0 Å². The Hall–Kier alpha value is -4.68. The van der Waals surface area contributed by atoms with Crippen molar-refractivity contribution >= 4 is 54.6 Å². The van der Waals surface area contributed by atoms with Gasteiger partial charge in [-0.1, -0.05) is 36.4 Å². The monoisotopic (exact) mass is 684 g/mol. The quantitative estimate of drug-likeness (QED) is 0.249. The molecule has 0 bridgehead atoms. The number of nitrogens with one attached hydrogen (secondary N) is 2. The number of hydrogen-bond acceptors (Lipinski definition) is 6. The van der Waals surface area contributed by atoms with E-state index in [9.17, 15) is 26.4 Å². The molecule has 1 saturated carbocycles. The molecule has 0 aromatic heterocycles. The van der Waals surface area contributed by atoms with Gasteiger partial charge in [-0.2, -0.15) is 0 Å². The van der Waals surface area contributed by atoms with E-state index in [1.165, 1.54) is 32.9 Å². The molecule has 48 heavy (non-hydrogen) atoms. The molecule has 2 aliphatic heterocycles. The largest absolute Gasteiger partial charge is 0.326 e. The van der Waals surface area contributed by atoms with Crippen molar-refractivity contribution < 1.29 is 26.4 Å². The van der Waals surface area contributed by atoms with Gasteiger partial charge in [0.05, 0.1) is 21.2 Å². The Morgan fingerprint density at radius 1 is 0.521 bits per heavy atom. The molecule has 10 nitrogen and oxygen atoms in total. The first-order valence-corrected chi connectivity index (χ1v) is 19.0. The molecule has 0 atom stereocenters. The van der Waals surface area contributed by atoms with Gasteiger partial charge in [0.25, 0.3) is 20.0 Å². The van der Waals surface area contributed by atoms with Crippen LogP contribution in [0, 0.1) is 11.8 Å². The van der Waals surface area contributed by atoms with E-state index in [-0.39, 0.29) is 33.4 Å². The summed E-state index contributed by atoms with van der Waals surface area (Å²) >= 11 is 0. The fourth-order valence-corrected chi connectivity index (χ4v) is 9.90. The minimum absolute atomic E-state index is 0.157. The number of fused-ring (bicyclic) bond motifs is 2. The van der Waals surface area contributed by atoms with Crippen molar-refractivity contribution in [3.8, 4) is 0 Å². The summed E-state index contributed by atoms with van der Waals surface area (Å²) in [5.41, 5.74) is 4.44. The van der Waals surface area contributed by atoms with Gasteiger partial charge in [0.2, 0.25) is 11.8 Å². The third kappa shape index (κ3) is 6.06. The summed E-state index contributed by atoms with van der Waals surface area (Å²) < 4.78 is 56.1. The van der Waals surface area contributed by atoms with Crippen LogP contribution in [-0.2, 0) is 42.5 Å². The zero-order valence-electron chi connectivity index (χ0n) is 26.2. The molecule has 4 aromatic carbocycles. The molecule has 1 fully saturated rings. The highest BCUT2D eigenvalue weighted by molar-refractivity contribution is 7.93. The van der Waals surface area contributed by atoms with Gasteiger partial charge in [-0.05, 0) is 110 Å². The molecule has 0 unspecified atom stereocenters. The number of rotatable bonds is 8. The average molecular weight is 685 g/mol. The number of amides is 2. The summed E-state index contributed by atoms with van der Waals surface area (Å²) in [6.45, 7) is 0.790. The number of benzene rings is 4. The van der Waals surface area contributed by atoms with Crippen LogP contribution >= 0.6 is 0 Å². The Morgan fingerprint density at radius 2 is 0.875 bits per heavy atom. The third-order valence-corrected chi connectivity index (χ3v) is 13.2. The Labute approximate surface area is 280 Å². The highest BCUT2D eigenvalue weighted by atomic mass is 32.2. The highest BCUT2D eigenvalue weighted by Crippen LogP contribution is 2.35. The summed E-state index contributed by atoms with van der Waals surface area (Å²) in [5.74, 6) is -0.844. The highest BCUT2D eigenvalue weighted by Gasteiger charge is 2.33. The standard InChI is InChI=1S/C36H36N4O6S2/c41-35(37-29-13-17-31(18-14-29)47(43,44)39-23-21-25-5-1-3-7-33(25)39)27-9-11-28(12-10-27)36(42)38-30-15-19-32(20-16-30)48(45,46)40-24-22-26-6-2-4-8-34(26)40/h1-8,13-20,27-28H,9-12,21-24H2,(H,37,41)(H,38,42). The Balaban J connectivity index is 0.904. The van der Waals surface area contributed by atoms with Crippen molar-refractivity contribution in [3.05, 3.63) is 108 Å². The van der Waals surface area contributed by atoms with Crippen molar-refractivity contribution in [2.24, 2.45) is 11.8 Å². The van der Waals surface area contributed by atoms with E-state index in [0.717, 1.165) is 11.1 Å². The molecule has 7 rings (SSSR count). The molecule has 1 aliphatic carbocycles. The Morgan fingerprint density at radius 3 is 1.25 bits per heavy atom. The zero-order chi connectivity index (χ0) is 33.5. The summed E-state index contributed by atoms with van der Waals surface area (Å²) in [7, 11) is -7.45. The minimum atomic E-state index is -3.72. The molecule has 12 heteroatoms. The average Bonchev–Trinajstić information content (AvgIpc) is 3.75. The van der Waals surface area contributed by atoms with Gasteiger partial charge in [-0.25, -0.2) is 16.8 Å². The summed E-state index contributed by atoms with van der Waals surface area (Å²) in [6, 6.07) is 27.4. The second-order valence-corrected chi connectivity index (χ2v) is 16.2. The second-order valence-electron chi connectivity index (χ2n) is 12.5. The molecular weight excluding hydrogens is 649 g/mol. The van der Waals surface area contributed by atoms with Crippen LogP contribution in [0.2, 0.25) is 0 Å². The predicted octanol–water partition coefficient (Wildman–Crippen LogP) is 5.57. The van der Waals surface area contributed by atoms with E-state index < -0.39 is 20.0 Å². The lowest BCUT2D eigenvalue weighted by molar-refractivity contribution is -0.125. The molecule has 4 aromatic rings. The van der Waals surface area contributed by atoms with Gasteiger partial charge in [-0.3, -0.25) is 18.2 Å². The van der Waals surface area contributed by atoms with Crippen LogP contribution in [0.3, 0.4) is 0 Å². The van der Waals surface area contributed by atoms with Crippen molar-refractivity contribution in [1.29, 1.82) is 0 Å². The Kier molecular flexibility index (Phi) is 8.46. The lowest BCUT2D eigenvalue weighted by Gasteiger charge is -2.27. The lowest BCUT2D eigenvalue weighted by atomic mass is 9.81. The van der Waals surface area contributed by atoms with Crippen LogP contribution in [0.25, 0.3) is 0 Å². The number of carbonyl (C=O) groups excluding carboxylic acids is 2. The van der Waals surface area contributed by atoms with Crippen LogP contribution in [0.5, 0.6) is 0 Å². The number of anilines is 4. The number of sulfonamides is 2. The summed E-state index contributed by atoms with van der Waals surface area (Å²) in [5, 5.41) is 5.80. The fourth-order valence-electron chi connectivity index (χ4n) is 6.90. The fraction of sp³-hybridized carbons (Fsp3) is 0.278. The van der Waals surface area contributed by atoms with Gasteiger partial charge in [-0.15, -0.1) is 0 Å². The van der Waals surface area contributed by atoms with Crippen molar-refractivity contribution in [3.63, 3.8) is 0 Å². The van der Waals surface area contributed by atoms with Gasteiger partial charge in [0.1, 0.15) is 0 Å². The molecule has 2 heterocycles.